The average molecular weight is 226 g/mol. The van der Waals surface area contributed by atoms with Gasteiger partial charge in [-0.25, -0.2) is 0 Å². The maximum absolute atomic E-state index is 11.5. The Morgan fingerprint density at radius 2 is 2.07 bits per heavy atom. The molecule has 82 valence electrons. The van der Waals surface area contributed by atoms with Crippen molar-refractivity contribution in [2.24, 2.45) is 0 Å². The first-order valence-electron chi connectivity index (χ1n) is 4.80. The van der Waals surface area contributed by atoms with E-state index in [1.54, 1.807) is 7.05 Å². The highest BCUT2D eigenvalue weighted by Gasteiger charge is 2.33. The molecule has 0 saturated carbocycles. The molecule has 1 N–H and O–H groups in total. The molecule has 4 nitrogen and oxygen atoms in total. The van der Waals surface area contributed by atoms with E-state index in [-0.39, 0.29) is 6.04 Å². The molecule has 1 aromatic carbocycles. The number of nitrogens with zero attached hydrogens (tertiary/aromatic N) is 1. The third-order valence-corrected chi connectivity index (χ3v) is 4.26. The lowest BCUT2D eigenvalue weighted by Crippen LogP contribution is -2.26. The van der Waals surface area contributed by atoms with Gasteiger partial charge in [0.05, 0.1) is 6.04 Å². The fraction of sp³-hybridized carbons (Fsp3) is 0.400. The summed E-state index contributed by atoms with van der Waals surface area (Å²) in [6.07, 6.45) is 0. The largest absolute Gasteiger partial charge is 0.279 e. The highest BCUT2D eigenvalue weighted by molar-refractivity contribution is 7.87. The normalized spacial score (nSPS) is 25.6. The van der Waals surface area contributed by atoms with E-state index in [2.05, 4.69) is 4.72 Å². The van der Waals surface area contributed by atoms with E-state index in [1.165, 1.54) is 4.31 Å². The molecule has 1 aliphatic rings. The summed E-state index contributed by atoms with van der Waals surface area (Å²) in [5, 5.41) is 0. The zero-order valence-corrected chi connectivity index (χ0v) is 9.58. The van der Waals surface area contributed by atoms with Crippen LogP contribution in [0.4, 0.5) is 0 Å². The lowest BCUT2D eigenvalue weighted by Gasteiger charge is -2.11. The van der Waals surface area contributed by atoms with Gasteiger partial charge in [-0.05, 0) is 18.1 Å². The minimum absolute atomic E-state index is 0.124. The van der Waals surface area contributed by atoms with Crippen molar-refractivity contribution in [1.29, 1.82) is 0 Å². The predicted octanol–water partition coefficient (Wildman–Crippen LogP) is 0.816. The molecule has 0 aromatic heterocycles. The van der Waals surface area contributed by atoms with Crippen molar-refractivity contribution in [3.05, 3.63) is 35.4 Å². The van der Waals surface area contributed by atoms with Crippen LogP contribution in [0.25, 0.3) is 0 Å². The van der Waals surface area contributed by atoms with E-state index in [0.29, 0.717) is 6.54 Å². The van der Waals surface area contributed by atoms with E-state index < -0.39 is 10.2 Å². The van der Waals surface area contributed by atoms with Gasteiger partial charge in [0.15, 0.2) is 0 Å². The lowest BCUT2D eigenvalue weighted by molar-refractivity contribution is 0.494. The van der Waals surface area contributed by atoms with Crippen LogP contribution in [0.2, 0.25) is 0 Å². The third kappa shape index (κ3) is 1.90. The smallest absolute Gasteiger partial charge is 0.195 e. The Hall–Kier alpha value is -0.910. The molecule has 1 atom stereocenters. The highest BCUT2D eigenvalue weighted by Crippen LogP contribution is 2.24. The minimum atomic E-state index is -3.26. The van der Waals surface area contributed by atoms with E-state index in [1.807, 2.05) is 31.2 Å². The number of aryl methyl sites for hydroxylation is 1. The summed E-state index contributed by atoms with van der Waals surface area (Å²) >= 11 is 0. The molecule has 15 heavy (non-hydrogen) atoms. The third-order valence-electron chi connectivity index (χ3n) is 2.71. The van der Waals surface area contributed by atoms with Crippen molar-refractivity contribution in [2.45, 2.75) is 13.0 Å². The van der Waals surface area contributed by atoms with Gasteiger partial charge in [-0.2, -0.15) is 17.4 Å². The van der Waals surface area contributed by atoms with Crippen molar-refractivity contribution in [1.82, 2.24) is 9.03 Å². The summed E-state index contributed by atoms with van der Waals surface area (Å²) in [7, 11) is -1.67. The molecule has 0 bridgehead atoms. The monoisotopic (exact) mass is 226 g/mol. The molecule has 0 radical (unpaired) electrons. The topological polar surface area (TPSA) is 49.4 Å². The van der Waals surface area contributed by atoms with Gasteiger partial charge in [0.2, 0.25) is 0 Å². The zero-order valence-electron chi connectivity index (χ0n) is 8.77. The molecule has 1 heterocycles. The van der Waals surface area contributed by atoms with E-state index in [9.17, 15) is 8.42 Å². The number of hydrogen-bond donors (Lipinski definition) is 1. The molecular formula is C10H14N2O2S. The van der Waals surface area contributed by atoms with Crippen LogP contribution in [0.15, 0.2) is 24.3 Å². The Morgan fingerprint density at radius 3 is 2.60 bits per heavy atom. The summed E-state index contributed by atoms with van der Waals surface area (Å²) in [5.41, 5.74) is 2.16. The van der Waals surface area contributed by atoms with Crippen LogP contribution in [0.3, 0.4) is 0 Å². The summed E-state index contributed by atoms with van der Waals surface area (Å²) in [5.74, 6) is 0. The van der Waals surface area contributed by atoms with Gasteiger partial charge >= 0.3 is 0 Å². The molecule has 0 unspecified atom stereocenters. The average Bonchev–Trinajstić information content (AvgIpc) is 2.42. The van der Waals surface area contributed by atoms with Crippen molar-refractivity contribution >= 4 is 10.2 Å². The van der Waals surface area contributed by atoms with Crippen LogP contribution < -0.4 is 4.72 Å². The molecule has 1 aromatic rings. The SMILES string of the molecule is Cc1ccccc1[C@H]1CN(C)S(=O)(=O)N1. The molecule has 1 saturated heterocycles. The van der Waals surface area contributed by atoms with Gasteiger partial charge in [0, 0.05) is 13.6 Å². The first kappa shape index (κ1) is 10.6. The summed E-state index contributed by atoms with van der Waals surface area (Å²) in [6.45, 7) is 2.48. The van der Waals surface area contributed by atoms with E-state index >= 15 is 0 Å². The Kier molecular flexibility index (Phi) is 2.54. The van der Waals surface area contributed by atoms with Crippen molar-refractivity contribution < 1.29 is 8.42 Å². The van der Waals surface area contributed by atoms with Gasteiger partial charge in [-0.15, -0.1) is 0 Å². The maximum Gasteiger partial charge on any atom is 0.279 e. The Morgan fingerprint density at radius 1 is 1.40 bits per heavy atom. The Labute approximate surface area is 90.1 Å². The van der Waals surface area contributed by atoms with Crippen LogP contribution in [0.5, 0.6) is 0 Å². The summed E-state index contributed by atoms with van der Waals surface area (Å²) in [6, 6.07) is 7.70. The van der Waals surface area contributed by atoms with Crippen molar-refractivity contribution in [3.63, 3.8) is 0 Å². The van der Waals surface area contributed by atoms with Crippen LogP contribution in [0, 0.1) is 6.92 Å². The molecule has 1 fully saturated rings. The summed E-state index contributed by atoms with van der Waals surface area (Å²) in [4.78, 5) is 0. The summed E-state index contributed by atoms with van der Waals surface area (Å²) < 4.78 is 26.9. The molecular weight excluding hydrogens is 212 g/mol. The van der Waals surface area contributed by atoms with E-state index in [4.69, 9.17) is 0 Å². The standard InChI is InChI=1S/C10H14N2O2S/c1-8-5-3-4-6-9(8)10-7-12(2)15(13,14)11-10/h3-6,10-11H,7H2,1-2H3/t10-/m1/s1. The van der Waals surface area contributed by atoms with Crippen LogP contribution in [-0.2, 0) is 10.2 Å². The van der Waals surface area contributed by atoms with Gasteiger partial charge in [0.1, 0.15) is 0 Å². The van der Waals surface area contributed by atoms with Gasteiger partial charge < -0.3 is 0 Å². The maximum atomic E-state index is 11.5. The second-order valence-corrected chi connectivity index (χ2v) is 5.62. The number of likely N-dealkylation sites (N-methyl/N-ethyl adjacent to an activating group) is 1. The first-order valence-corrected chi connectivity index (χ1v) is 6.24. The predicted molar refractivity (Wildman–Crippen MR) is 58.6 cm³/mol. The van der Waals surface area contributed by atoms with Gasteiger partial charge in [0.25, 0.3) is 10.2 Å². The molecule has 1 aliphatic heterocycles. The van der Waals surface area contributed by atoms with Gasteiger partial charge in [-0.1, -0.05) is 24.3 Å². The molecule has 0 amide bonds. The molecule has 0 aliphatic carbocycles. The van der Waals surface area contributed by atoms with Crippen LogP contribution in [-0.4, -0.2) is 26.3 Å². The van der Waals surface area contributed by atoms with Gasteiger partial charge in [-0.3, -0.25) is 0 Å². The highest BCUT2D eigenvalue weighted by atomic mass is 32.2. The minimum Gasteiger partial charge on any atom is -0.195 e. The number of hydrogen-bond acceptors (Lipinski definition) is 2. The number of nitrogens with one attached hydrogen (secondary N) is 1. The number of rotatable bonds is 1. The van der Waals surface area contributed by atoms with Crippen molar-refractivity contribution in [2.75, 3.05) is 13.6 Å². The molecule has 5 heteroatoms. The lowest BCUT2D eigenvalue weighted by atomic mass is 10.0. The first-order chi connectivity index (χ1) is 7.00. The van der Waals surface area contributed by atoms with E-state index in [0.717, 1.165) is 11.1 Å². The fourth-order valence-electron chi connectivity index (χ4n) is 1.80. The van der Waals surface area contributed by atoms with Crippen molar-refractivity contribution in [3.8, 4) is 0 Å². The molecule has 2 rings (SSSR count). The fourth-order valence-corrected chi connectivity index (χ4v) is 2.89. The van der Waals surface area contributed by atoms with Crippen LogP contribution in [0.1, 0.15) is 17.2 Å². The second-order valence-electron chi connectivity index (χ2n) is 3.81. The number of benzene rings is 1. The Bertz CT molecular complexity index is 470. The quantitative estimate of drug-likeness (QED) is 0.770. The Balaban J connectivity index is 2.33. The second kappa shape index (κ2) is 3.59. The zero-order chi connectivity index (χ0) is 11.1. The molecule has 0 spiro atoms. The van der Waals surface area contributed by atoms with Crippen LogP contribution >= 0.6 is 0 Å².